The van der Waals surface area contributed by atoms with E-state index in [4.69, 9.17) is 0 Å². The molecule has 5 nitrogen and oxygen atoms in total. The molecule has 0 radical (unpaired) electrons. The van der Waals surface area contributed by atoms with Crippen LogP contribution in [0.2, 0.25) is 0 Å². The maximum absolute atomic E-state index is 13.2. The molecule has 1 amide bonds. The van der Waals surface area contributed by atoms with Gasteiger partial charge in [-0.15, -0.1) is 0 Å². The summed E-state index contributed by atoms with van der Waals surface area (Å²) in [5.74, 6) is 0.127. The predicted molar refractivity (Wildman–Crippen MR) is 98.4 cm³/mol. The Morgan fingerprint density at radius 1 is 1.12 bits per heavy atom. The number of sulfonamides is 1. The summed E-state index contributed by atoms with van der Waals surface area (Å²) >= 11 is 0. The van der Waals surface area contributed by atoms with Gasteiger partial charge in [0.15, 0.2) is 0 Å². The van der Waals surface area contributed by atoms with Gasteiger partial charge in [0.05, 0.1) is 11.9 Å². The Bertz CT molecular complexity index is 795. The number of anilines is 1. The number of fused-ring (bicyclic) bond motifs is 1. The maximum atomic E-state index is 13.2. The molecule has 2 fully saturated rings. The van der Waals surface area contributed by atoms with Crippen molar-refractivity contribution in [2.24, 2.45) is 0 Å². The first kappa shape index (κ1) is 16.9. The van der Waals surface area contributed by atoms with E-state index in [1.165, 1.54) is 23.4 Å². The van der Waals surface area contributed by atoms with E-state index in [0.717, 1.165) is 36.9 Å². The van der Waals surface area contributed by atoms with Crippen LogP contribution in [-0.2, 0) is 16.4 Å². The zero-order valence-electron chi connectivity index (χ0n) is 14.9. The van der Waals surface area contributed by atoms with Crippen LogP contribution in [0.3, 0.4) is 0 Å². The van der Waals surface area contributed by atoms with Crippen molar-refractivity contribution >= 4 is 21.6 Å². The number of hydrogen-bond donors (Lipinski definition) is 0. The van der Waals surface area contributed by atoms with Crippen LogP contribution >= 0.6 is 0 Å². The molecule has 2 saturated carbocycles. The highest BCUT2D eigenvalue weighted by atomic mass is 32.2. The Morgan fingerprint density at radius 3 is 2.36 bits per heavy atom. The molecule has 136 valence electrons. The van der Waals surface area contributed by atoms with Gasteiger partial charge in [-0.25, -0.2) is 8.42 Å². The molecule has 0 N–H and O–H groups in total. The van der Waals surface area contributed by atoms with Gasteiger partial charge in [0.1, 0.15) is 0 Å². The van der Waals surface area contributed by atoms with Crippen LogP contribution in [0.15, 0.2) is 18.2 Å². The SMILES string of the molecule is CC1Cc2cc(C(=O)N(C3CCCC3)C3CC3)ccc2N1S(C)(=O)=O. The second-order valence-corrected chi connectivity index (χ2v) is 9.70. The van der Waals surface area contributed by atoms with Gasteiger partial charge in [0.25, 0.3) is 5.91 Å². The number of benzene rings is 1. The molecule has 1 aliphatic heterocycles. The van der Waals surface area contributed by atoms with Crippen LogP contribution in [0, 0.1) is 0 Å². The van der Waals surface area contributed by atoms with E-state index in [1.54, 1.807) is 0 Å². The average Bonchev–Trinajstić information content (AvgIpc) is 3.09. The molecule has 25 heavy (non-hydrogen) atoms. The third kappa shape index (κ3) is 3.05. The molecule has 0 saturated heterocycles. The van der Waals surface area contributed by atoms with Crippen molar-refractivity contribution in [3.63, 3.8) is 0 Å². The highest BCUT2D eigenvalue weighted by molar-refractivity contribution is 7.92. The minimum Gasteiger partial charge on any atom is -0.333 e. The normalized spacial score (nSPS) is 23.8. The van der Waals surface area contributed by atoms with Crippen molar-refractivity contribution in [1.29, 1.82) is 0 Å². The summed E-state index contributed by atoms with van der Waals surface area (Å²) in [7, 11) is -3.29. The van der Waals surface area contributed by atoms with Crippen LogP contribution in [-0.4, -0.2) is 43.6 Å². The number of rotatable bonds is 4. The highest BCUT2D eigenvalue weighted by Gasteiger charge is 2.39. The molecule has 0 aromatic heterocycles. The Morgan fingerprint density at radius 2 is 1.76 bits per heavy atom. The number of nitrogens with zero attached hydrogens (tertiary/aromatic N) is 2. The first-order valence-corrected chi connectivity index (χ1v) is 11.2. The van der Waals surface area contributed by atoms with Crippen LogP contribution in [0.1, 0.15) is 61.4 Å². The molecule has 6 heteroatoms. The van der Waals surface area contributed by atoms with Crippen molar-refractivity contribution in [2.45, 2.75) is 70.0 Å². The molecule has 1 aromatic carbocycles. The van der Waals surface area contributed by atoms with Crippen LogP contribution in [0.5, 0.6) is 0 Å². The summed E-state index contributed by atoms with van der Waals surface area (Å²) in [6, 6.07) is 6.25. The molecule has 1 heterocycles. The summed E-state index contributed by atoms with van der Waals surface area (Å²) in [5.41, 5.74) is 2.40. The summed E-state index contributed by atoms with van der Waals surface area (Å²) < 4.78 is 25.6. The Hall–Kier alpha value is -1.56. The van der Waals surface area contributed by atoms with E-state index in [9.17, 15) is 13.2 Å². The lowest BCUT2D eigenvalue weighted by Gasteiger charge is -2.29. The zero-order chi connectivity index (χ0) is 17.8. The highest BCUT2D eigenvalue weighted by Crippen LogP contribution is 2.38. The van der Waals surface area contributed by atoms with Gasteiger partial charge in [-0.3, -0.25) is 9.10 Å². The third-order valence-corrected chi connectivity index (χ3v) is 7.00. The largest absolute Gasteiger partial charge is 0.333 e. The third-order valence-electron chi connectivity index (χ3n) is 5.73. The van der Waals surface area contributed by atoms with E-state index >= 15 is 0 Å². The fourth-order valence-corrected chi connectivity index (χ4v) is 5.82. The van der Waals surface area contributed by atoms with Gasteiger partial charge >= 0.3 is 0 Å². The first-order valence-electron chi connectivity index (χ1n) is 9.31. The predicted octanol–water partition coefficient (Wildman–Crippen LogP) is 2.94. The fraction of sp³-hybridized carbons (Fsp3) is 0.632. The van der Waals surface area contributed by atoms with Crippen molar-refractivity contribution < 1.29 is 13.2 Å². The van der Waals surface area contributed by atoms with Crippen molar-refractivity contribution in [3.8, 4) is 0 Å². The smallest absolute Gasteiger partial charge is 0.254 e. The van der Waals surface area contributed by atoms with Crippen molar-refractivity contribution in [1.82, 2.24) is 4.90 Å². The van der Waals surface area contributed by atoms with Gasteiger partial charge in [0.2, 0.25) is 10.0 Å². The van der Waals surface area contributed by atoms with Gasteiger partial charge < -0.3 is 4.90 Å². The number of carbonyl (C=O) groups excluding carboxylic acids is 1. The van der Waals surface area contributed by atoms with Crippen LogP contribution in [0.25, 0.3) is 0 Å². The fourth-order valence-electron chi connectivity index (χ4n) is 4.56. The molecular weight excluding hydrogens is 336 g/mol. The molecule has 0 spiro atoms. The maximum Gasteiger partial charge on any atom is 0.254 e. The average molecular weight is 362 g/mol. The van der Waals surface area contributed by atoms with E-state index in [-0.39, 0.29) is 11.9 Å². The summed E-state index contributed by atoms with van der Waals surface area (Å²) in [4.78, 5) is 15.3. The molecule has 4 rings (SSSR count). The van der Waals surface area contributed by atoms with Crippen molar-refractivity contribution in [2.75, 3.05) is 10.6 Å². The van der Waals surface area contributed by atoms with Crippen molar-refractivity contribution in [3.05, 3.63) is 29.3 Å². The van der Waals surface area contributed by atoms with Crippen LogP contribution in [0.4, 0.5) is 5.69 Å². The van der Waals surface area contributed by atoms with Gasteiger partial charge in [-0.2, -0.15) is 0 Å². The lowest BCUT2D eigenvalue weighted by molar-refractivity contribution is 0.0664. The summed E-state index contributed by atoms with van der Waals surface area (Å²) in [6.45, 7) is 1.91. The van der Waals surface area contributed by atoms with Crippen LogP contribution < -0.4 is 4.31 Å². The number of hydrogen-bond acceptors (Lipinski definition) is 3. The topological polar surface area (TPSA) is 57.7 Å². The molecular formula is C19H26N2O3S. The first-order chi connectivity index (χ1) is 11.9. The lowest BCUT2D eigenvalue weighted by atomic mass is 10.0. The molecule has 1 atom stereocenters. The summed E-state index contributed by atoms with van der Waals surface area (Å²) in [5, 5.41) is 0. The minimum absolute atomic E-state index is 0.0929. The second kappa shape index (κ2) is 6.01. The van der Waals surface area contributed by atoms with E-state index in [1.807, 2.05) is 25.1 Å². The lowest BCUT2D eigenvalue weighted by Crippen LogP contribution is -2.40. The Kier molecular flexibility index (Phi) is 4.06. The molecule has 1 unspecified atom stereocenters. The van der Waals surface area contributed by atoms with E-state index < -0.39 is 10.0 Å². The standard InChI is InChI=1S/C19H26N2O3S/c1-13-11-15-12-14(7-10-18(15)21(13)25(2,23)24)19(22)20(17-8-9-17)16-5-3-4-6-16/h7,10,12-13,16-17H,3-6,8-9,11H2,1-2H3. The minimum atomic E-state index is -3.29. The Labute approximate surface area is 150 Å². The van der Waals surface area contributed by atoms with Gasteiger partial charge in [-0.1, -0.05) is 12.8 Å². The number of amides is 1. The second-order valence-electron chi connectivity index (χ2n) is 7.84. The molecule has 3 aliphatic rings. The Balaban J connectivity index is 1.64. The summed E-state index contributed by atoms with van der Waals surface area (Å²) in [6.07, 6.45) is 8.80. The van der Waals surface area contributed by atoms with Gasteiger partial charge in [0, 0.05) is 23.7 Å². The quantitative estimate of drug-likeness (QED) is 0.827. The monoisotopic (exact) mass is 362 g/mol. The van der Waals surface area contributed by atoms with E-state index in [2.05, 4.69) is 4.90 Å². The van der Waals surface area contributed by atoms with Gasteiger partial charge in [-0.05, 0) is 62.8 Å². The number of carbonyl (C=O) groups is 1. The zero-order valence-corrected chi connectivity index (χ0v) is 15.8. The molecule has 0 bridgehead atoms. The van der Waals surface area contributed by atoms with E-state index in [0.29, 0.717) is 24.1 Å². The molecule has 1 aromatic rings. The molecule has 2 aliphatic carbocycles.